The van der Waals surface area contributed by atoms with Gasteiger partial charge in [-0.15, -0.1) is 0 Å². The predicted octanol–water partition coefficient (Wildman–Crippen LogP) is 4.49. The summed E-state index contributed by atoms with van der Waals surface area (Å²) in [7, 11) is 0. The maximum absolute atomic E-state index is 10.1. The minimum absolute atomic E-state index is 0.367. The lowest BCUT2D eigenvalue weighted by Gasteiger charge is -2.25. The van der Waals surface area contributed by atoms with Crippen LogP contribution in [-0.2, 0) is 6.54 Å². The molecule has 0 amide bonds. The fraction of sp³-hybridized carbons (Fsp3) is 0.294. The molecule has 1 heterocycles. The van der Waals surface area contributed by atoms with Crippen molar-refractivity contribution < 1.29 is 5.11 Å². The van der Waals surface area contributed by atoms with Crippen LogP contribution >= 0.6 is 15.9 Å². The normalized spacial score (nSPS) is 19.4. The van der Waals surface area contributed by atoms with Crippen LogP contribution < -0.4 is 0 Å². The van der Waals surface area contributed by atoms with Gasteiger partial charge >= 0.3 is 0 Å². The first-order chi connectivity index (χ1) is 9.75. The largest absolute Gasteiger partial charge is 0.506 e. The fourth-order valence-corrected chi connectivity index (χ4v) is 3.38. The van der Waals surface area contributed by atoms with Crippen molar-refractivity contribution >= 4 is 15.9 Å². The third-order valence-electron chi connectivity index (χ3n) is 3.99. The molecule has 20 heavy (non-hydrogen) atoms. The van der Waals surface area contributed by atoms with Crippen LogP contribution in [0.3, 0.4) is 0 Å². The molecule has 2 aromatic rings. The summed E-state index contributed by atoms with van der Waals surface area (Å²) in [5.74, 6) is 0.367. The molecule has 0 bridgehead atoms. The van der Waals surface area contributed by atoms with Gasteiger partial charge in [0.25, 0.3) is 0 Å². The number of phenols is 1. The fourth-order valence-electron chi connectivity index (χ4n) is 2.97. The molecule has 1 unspecified atom stereocenters. The summed E-state index contributed by atoms with van der Waals surface area (Å²) in [6.45, 7) is 1.89. The average Bonchev–Trinajstić information content (AvgIpc) is 2.93. The molecule has 1 saturated heterocycles. The molecule has 3 heteroatoms. The number of phenolic OH excluding ortho intramolecular Hbond substituents is 1. The number of hydrogen-bond acceptors (Lipinski definition) is 2. The molecule has 1 atom stereocenters. The van der Waals surface area contributed by atoms with Gasteiger partial charge < -0.3 is 5.11 Å². The Morgan fingerprint density at radius 2 is 1.90 bits per heavy atom. The molecule has 0 radical (unpaired) electrons. The van der Waals surface area contributed by atoms with Crippen molar-refractivity contribution in [3.8, 4) is 5.75 Å². The molecule has 104 valence electrons. The van der Waals surface area contributed by atoms with E-state index in [9.17, 15) is 5.11 Å². The summed E-state index contributed by atoms with van der Waals surface area (Å²) < 4.78 is 0.769. The van der Waals surface area contributed by atoms with Gasteiger partial charge in [-0.2, -0.15) is 0 Å². The second-order valence-electron chi connectivity index (χ2n) is 5.29. The second kappa shape index (κ2) is 5.98. The van der Waals surface area contributed by atoms with Crippen molar-refractivity contribution in [3.63, 3.8) is 0 Å². The Labute approximate surface area is 128 Å². The monoisotopic (exact) mass is 331 g/mol. The van der Waals surface area contributed by atoms with Gasteiger partial charge in [-0.1, -0.05) is 42.5 Å². The third-order valence-corrected chi connectivity index (χ3v) is 4.63. The van der Waals surface area contributed by atoms with Gasteiger partial charge in [-0.25, -0.2) is 0 Å². The average molecular weight is 332 g/mol. The number of benzene rings is 2. The van der Waals surface area contributed by atoms with Gasteiger partial charge in [0, 0.05) is 18.2 Å². The standard InChI is InChI=1S/C17H18BrNO/c18-15-9-4-8-14(17(15)20)12-19-11-5-10-16(19)13-6-2-1-3-7-13/h1-4,6-9,16,20H,5,10-12H2. The van der Waals surface area contributed by atoms with Crippen molar-refractivity contribution in [3.05, 3.63) is 64.1 Å². The molecule has 1 N–H and O–H groups in total. The van der Waals surface area contributed by atoms with Crippen molar-refractivity contribution in [1.29, 1.82) is 0 Å². The summed E-state index contributed by atoms with van der Waals surface area (Å²) in [5.41, 5.74) is 2.36. The maximum Gasteiger partial charge on any atom is 0.134 e. The van der Waals surface area contributed by atoms with Crippen LogP contribution in [0.25, 0.3) is 0 Å². The van der Waals surface area contributed by atoms with E-state index in [2.05, 4.69) is 51.2 Å². The lowest BCUT2D eigenvalue weighted by Crippen LogP contribution is -2.22. The van der Waals surface area contributed by atoms with E-state index < -0.39 is 0 Å². The van der Waals surface area contributed by atoms with Crippen LogP contribution in [0.15, 0.2) is 53.0 Å². The number of para-hydroxylation sites is 1. The molecule has 3 rings (SSSR count). The van der Waals surface area contributed by atoms with E-state index in [4.69, 9.17) is 0 Å². The minimum atomic E-state index is 0.367. The Balaban J connectivity index is 1.81. The Bertz CT molecular complexity index is 585. The molecule has 2 nitrogen and oxygen atoms in total. The summed E-state index contributed by atoms with van der Waals surface area (Å²) in [4.78, 5) is 2.46. The molecular weight excluding hydrogens is 314 g/mol. The molecule has 0 aliphatic carbocycles. The first-order valence-corrected chi connectivity index (χ1v) is 7.80. The highest BCUT2D eigenvalue weighted by molar-refractivity contribution is 9.10. The van der Waals surface area contributed by atoms with Crippen LogP contribution in [0.1, 0.15) is 30.0 Å². The number of rotatable bonds is 3. The second-order valence-corrected chi connectivity index (χ2v) is 6.14. The maximum atomic E-state index is 10.1. The van der Waals surface area contributed by atoms with Crippen LogP contribution in [0.2, 0.25) is 0 Å². The van der Waals surface area contributed by atoms with E-state index in [0.29, 0.717) is 11.8 Å². The van der Waals surface area contributed by atoms with Crippen molar-refractivity contribution in [1.82, 2.24) is 4.90 Å². The number of nitrogens with zero attached hydrogens (tertiary/aromatic N) is 1. The zero-order valence-corrected chi connectivity index (χ0v) is 12.9. The highest BCUT2D eigenvalue weighted by Gasteiger charge is 2.26. The van der Waals surface area contributed by atoms with E-state index in [1.165, 1.54) is 18.4 Å². The van der Waals surface area contributed by atoms with Crippen LogP contribution in [-0.4, -0.2) is 16.6 Å². The molecular formula is C17H18BrNO. The van der Waals surface area contributed by atoms with Crippen molar-refractivity contribution in [2.24, 2.45) is 0 Å². The number of halogens is 1. The SMILES string of the molecule is Oc1c(Br)cccc1CN1CCCC1c1ccccc1. The molecule has 0 saturated carbocycles. The first kappa shape index (κ1) is 13.7. The predicted molar refractivity (Wildman–Crippen MR) is 84.6 cm³/mol. The number of hydrogen-bond donors (Lipinski definition) is 1. The Kier molecular flexibility index (Phi) is 4.08. The quantitative estimate of drug-likeness (QED) is 0.895. The highest BCUT2D eigenvalue weighted by atomic mass is 79.9. The van der Waals surface area contributed by atoms with E-state index in [0.717, 1.165) is 23.1 Å². The summed E-state index contributed by atoms with van der Waals surface area (Å²) in [5, 5.41) is 10.1. The van der Waals surface area contributed by atoms with Crippen LogP contribution in [0.5, 0.6) is 5.75 Å². The summed E-state index contributed by atoms with van der Waals surface area (Å²) in [6, 6.07) is 17.0. The van der Waals surface area contributed by atoms with Gasteiger partial charge in [0.2, 0.25) is 0 Å². The summed E-state index contributed by atoms with van der Waals surface area (Å²) >= 11 is 3.39. The zero-order valence-electron chi connectivity index (χ0n) is 11.3. The Hall–Kier alpha value is -1.32. The lowest BCUT2D eigenvalue weighted by molar-refractivity contribution is 0.245. The van der Waals surface area contributed by atoms with E-state index in [1.54, 1.807) is 0 Å². The molecule has 1 aliphatic heterocycles. The van der Waals surface area contributed by atoms with Crippen LogP contribution in [0.4, 0.5) is 0 Å². The van der Waals surface area contributed by atoms with E-state index in [-0.39, 0.29) is 0 Å². The van der Waals surface area contributed by atoms with E-state index >= 15 is 0 Å². The topological polar surface area (TPSA) is 23.5 Å². The minimum Gasteiger partial charge on any atom is -0.506 e. The number of aromatic hydroxyl groups is 1. The smallest absolute Gasteiger partial charge is 0.134 e. The lowest BCUT2D eigenvalue weighted by atomic mass is 10.0. The first-order valence-electron chi connectivity index (χ1n) is 7.01. The number of likely N-dealkylation sites (tertiary alicyclic amines) is 1. The summed E-state index contributed by atoms with van der Waals surface area (Å²) in [6.07, 6.45) is 2.41. The van der Waals surface area contributed by atoms with Crippen molar-refractivity contribution in [2.45, 2.75) is 25.4 Å². The van der Waals surface area contributed by atoms with Gasteiger partial charge in [0.05, 0.1) is 4.47 Å². The van der Waals surface area contributed by atoms with Crippen molar-refractivity contribution in [2.75, 3.05) is 6.54 Å². The Morgan fingerprint density at radius 1 is 1.10 bits per heavy atom. The van der Waals surface area contributed by atoms with E-state index in [1.807, 2.05) is 18.2 Å². The molecule has 1 fully saturated rings. The molecule has 0 aromatic heterocycles. The van der Waals surface area contributed by atoms with Gasteiger partial charge in [0.1, 0.15) is 5.75 Å². The van der Waals surface area contributed by atoms with Crippen LogP contribution in [0, 0.1) is 0 Å². The van der Waals surface area contributed by atoms with Gasteiger partial charge in [0.15, 0.2) is 0 Å². The molecule has 2 aromatic carbocycles. The highest BCUT2D eigenvalue weighted by Crippen LogP contribution is 2.35. The van der Waals surface area contributed by atoms with Gasteiger partial charge in [-0.05, 0) is 46.9 Å². The Morgan fingerprint density at radius 3 is 2.70 bits per heavy atom. The zero-order chi connectivity index (χ0) is 13.9. The van der Waals surface area contributed by atoms with Gasteiger partial charge in [-0.3, -0.25) is 4.90 Å². The molecule has 0 spiro atoms. The molecule has 1 aliphatic rings. The third kappa shape index (κ3) is 2.74.